The molecule has 6 heteroatoms. The monoisotopic (exact) mass is 250 g/mol. The molecule has 2 aliphatic heterocycles. The van der Waals surface area contributed by atoms with E-state index >= 15 is 0 Å². The predicted octanol–water partition coefficient (Wildman–Crippen LogP) is -0.191. The Morgan fingerprint density at radius 2 is 1.75 bits per heavy atom. The summed E-state index contributed by atoms with van der Waals surface area (Å²) in [7, 11) is -2.97. The first kappa shape index (κ1) is 12.3. The van der Waals surface area contributed by atoms with E-state index in [9.17, 15) is 12.8 Å². The fraction of sp³-hybridized carbons (Fsp3) is 1.00. The smallest absolute Gasteiger partial charge is 0.150 e. The summed E-state index contributed by atoms with van der Waals surface area (Å²) in [5, 5.41) is 3.22. The third-order valence-corrected chi connectivity index (χ3v) is 5.09. The zero-order valence-corrected chi connectivity index (χ0v) is 10.2. The SMILES string of the molecule is O=S1(=O)CCC(F)(CN2CCNCC2)CC1. The van der Waals surface area contributed by atoms with E-state index in [4.69, 9.17) is 0 Å². The highest BCUT2D eigenvalue weighted by atomic mass is 32.2. The number of nitrogens with one attached hydrogen (secondary N) is 1. The summed E-state index contributed by atoms with van der Waals surface area (Å²) in [6.07, 6.45) is 0.332. The molecule has 2 aliphatic rings. The Hall–Kier alpha value is -0.200. The minimum atomic E-state index is -2.97. The quantitative estimate of drug-likeness (QED) is 0.738. The molecule has 2 fully saturated rings. The highest BCUT2D eigenvalue weighted by molar-refractivity contribution is 7.91. The van der Waals surface area contributed by atoms with Crippen LogP contribution in [0.2, 0.25) is 0 Å². The third kappa shape index (κ3) is 3.15. The number of hydrogen-bond acceptors (Lipinski definition) is 4. The van der Waals surface area contributed by atoms with Gasteiger partial charge >= 0.3 is 0 Å². The second-order valence-electron chi connectivity index (χ2n) is 4.83. The van der Waals surface area contributed by atoms with Crippen molar-refractivity contribution in [2.24, 2.45) is 0 Å². The van der Waals surface area contributed by atoms with Gasteiger partial charge in [-0.25, -0.2) is 12.8 Å². The zero-order chi connectivity index (χ0) is 11.6. The molecule has 2 rings (SSSR count). The second kappa shape index (κ2) is 4.58. The summed E-state index contributed by atoms with van der Waals surface area (Å²) in [6.45, 7) is 3.91. The minimum Gasteiger partial charge on any atom is -0.314 e. The van der Waals surface area contributed by atoms with Crippen molar-refractivity contribution in [1.82, 2.24) is 10.2 Å². The number of nitrogens with zero attached hydrogens (tertiary/aromatic N) is 1. The Bertz CT molecular complexity index is 325. The Morgan fingerprint density at radius 1 is 1.19 bits per heavy atom. The second-order valence-corrected chi connectivity index (χ2v) is 7.13. The van der Waals surface area contributed by atoms with Gasteiger partial charge in [-0.15, -0.1) is 0 Å². The van der Waals surface area contributed by atoms with Crippen LogP contribution < -0.4 is 5.32 Å². The van der Waals surface area contributed by atoms with Crippen molar-refractivity contribution in [1.29, 1.82) is 0 Å². The molecule has 0 bridgehead atoms. The molecule has 0 atom stereocenters. The first-order valence-electron chi connectivity index (χ1n) is 5.82. The van der Waals surface area contributed by atoms with Gasteiger partial charge in [0, 0.05) is 32.7 Å². The summed E-state index contributed by atoms with van der Waals surface area (Å²) >= 11 is 0. The van der Waals surface area contributed by atoms with Crippen molar-refractivity contribution in [3.05, 3.63) is 0 Å². The van der Waals surface area contributed by atoms with Gasteiger partial charge in [0.05, 0.1) is 11.5 Å². The standard InChI is InChI=1S/C10H19FN2O2S/c11-10(1-7-16(14,15)8-2-10)9-13-5-3-12-4-6-13/h12H,1-9H2. The summed E-state index contributed by atoms with van der Waals surface area (Å²) in [5.74, 6) is 0.0190. The van der Waals surface area contributed by atoms with Gasteiger partial charge in [-0.3, -0.25) is 4.90 Å². The normalized spacial score (nSPS) is 30.1. The summed E-state index contributed by atoms with van der Waals surface area (Å²) in [4.78, 5) is 2.09. The minimum absolute atomic E-state index is 0.00951. The Balaban J connectivity index is 1.88. The molecule has 0 aliphatic carbocycles. The van der Waals surface area contributed by atoms with E-state index in [2.05, 4.69) is 10.2 Å². The predicted molar refractivity (Wildman–Crippen MR) is 61.0 cm³/mol. The van der Waals surface area contributed by atoms with Gasteiger partial charge in [-0.05, 0) is 12.8 Å². The summed E-state index contributed by atoms with van der Waals surface area (Å²) < 4.78 is 36.9. The number of hydrogen-bond donors (Lipinski definition) is 1. The molecule has 0 radical (unpaired) electrons. The first-order valence-corrected chi connectivity index (χ1v) is 7.64. The molecule has 1 N–H and O–H groups in total. The molecule has 0 unspecified atom stereocenters. The lowest BCUT2D eigenvalue weighted by Gasteiger charge is -2.36. The van der Waals surface area contributed by atoms with Crippen molar-refractivity contribution in [2.75, 3.05) is 44.2 Å². The topological polar surface area (TPSA) is 49.4 Å². The summed E-state index contributed by atoms with van der Waals surface area (Å²) in [5.41, 5.74) is -1.29. The van der Waals surface area contributed by atoms with Crippen molar-refractivity contribution >= 4 is 9.84 Å². The van der Waals surface area contributed by atoms with Gasteiger partial charge in [-0.1, -0.05) is 0 Å². The van der Waals surface area contributed by atoms with Crippen LogP contribution in [0.3, 0.4) is 0 Å². The van der Waals surface area contributed by atoms with E-state index in [1.54, 1.807) is 0 Å². The fourth-order valence-corrected chi connectivity index (χ4v) is 3.89. The van der Waals surface area contributed by atoms with Crippen LogP contribution in [0, 0.1) is 0 Å². The van der Waals surface area contributed by atoms with Gasteiger partial charge in [0.2, 0.25) is 0 Å². The van der Waals surface area contributed by atoms with E-state index in [1.165, 1.54) is 0 Å². The number of sulfone groups is 1. The van der Waals surface area contributed by atoms with E-state index in [0.29, 0.717) is 6.54 Å². The maximum atomic E-state index is 14.4. The lowest BCUT2D eigenvalue weighted by Crippen LogP contribution is -2.51. The Kier molecular flexibility index (Phi) is 3.51. The van der Waals surface area contributed by atoms with Crippen LogP contribution in [0.5, 0.6) is 0 Å². The largest absolute Gasteiger partial charge is 0.314 e. The van der Waals surface area contributed by atoms with Crippen LogP contribution in [-0.4, -0.2) is 63.2 Å². The zero-order valence-electron chi connectivity index (χ0n) is 9.41. The first-order chi connectivity index (χ1) is 7.49. The van der Waals surface area contributed by atoms with E-state index in [-0.39, 0.29) is 24.3 Å². The lowest BCUT2D eigenvalue weighted by atomic mass is 9.98. The molecule has 0 amide bonds. The molecule has 2 saturated heterocycles. The van der Waals surface area contributed by atoms with Crippen LogP contribution in [0.25, 0.3) is 0 Å². The number of rotatable bonds is 2. The van der Waals surface area contributed by atoms with Gasteiger partial charge in [0.1, 0.15) is 5.67 Å². The van der Waals surface area contributed by atoms with Crippen LogP contribution in [0.4, 0.5) is 4.39 Å². The average Bonchev–Trinajstić information content (AvgIpc) is 2.25. The van der Waals surface area contributed by atoms with Crippen molar-refractivity contribution in [3.8, 4) is 0 Å². The molecule has 0 saturated carbocycles. The maximum Gasteiger partial charge on any atom is 0.150 e. The fourth-order valence-electron chi connectivity index (χ4n) is 2.33. The number of piperazine rings is 1. The molecule has 94 valence electrons. The van der Waals surface area contributed by atoms with Gasteiger partial charge in [0.15, 0.2) is 9.84 Å². The average molecular weight is 250 g/mol. The molecular formula is C10H19FN2O2S. The summed E-state index contributed by atoms with van der Waals surface area (Å²) in [6, 6.07) is 0. The highest BCUT2D eigenvalue weighted by Gasteiger charge is 2.38. The molecule has 2 heterocycles. The molecule has 0 aromatic rings. The van der Waals surface area contributed by atoms with Crippen molar-refractivity contribution in [3.63, 3.8) is 0 Å². The molecule has 0 spiro atoms. The van der Waals surface area contributed by atoms with Gasteiger partial charge in [0.25, 0.3) is 0 Å². The van der Waals surface area contributed by atoms with Crippen molar-refractivity contribution < 1.29 is 12.8 Å². The highest BCUT2D eigenvalue weighted by Crippen LogP contribution is 2.28. The Labute approximate surface area is 96.1 Å². The Morgan fingerprint density at radius 3 is 2.31 bits per heavy atom. The third-order valence-electron chi connectivity index (χ3n) is 3.44. The number of halogens is 1. The van der Waals surface area contributed by atoms with Gasteiger partial charge < -0.3 is 5.32 Å². The van der Waals surface area contributed by atoms with Crippen molar-refractivity contribution in [2.45, 2.75) is 18.5 Å². The van der Waals surface area contributed by atoms with Crippen LogP contribution in [0.1, 0.15) is 12.8 Å². The lowest BCUT2D eigenvalue weighted by molar-refractivity contribution is 0.0753. The van der Waals surface area contributed by atoms with Crippen LogP contribution >= 0.6 is 0 Å². The maximum absolute atomic E-state index is 14.4. The van der Waals surface area contributed by atoms with Crippen LogP contribution in [-0.2, 0) is 9.84 Å². The number of alkyl halides is 1. The van der Waals surface area contributed by atoms with E-state index < -0.39 is 15.5 Å². The van der Waals surface area contributed by atoms with Gasteiger partial charge in [-0.2, -0.15) is 0 Å². The molecular weight excluding hydrogens is 231 g/mol. The molecule has 0 aromatic heterocycles. The molecule has 16 heavy (non-hydrogen) atoms. The van der Waals surface area contributed by atoms with E-state index in [1.807, 2.05) is 0 Å². The molecule has 0 aromatic carbocycles. The van der Waals surface area contributed by atoms with E-state index in [0.717, 1.165) is 26.2 Å². The molecule has 4 nitrogen and oxygen atoms in total. The van der Waals surface area contributed by atoms with Crippen LogP contribution in [0.15, 0.2) is 0 Å².